The Kier molecular flexibility index (Phi) is 5.18. The van der Waals surface area contributed by atoms with Gasteiger partial charge in [-0.3, -0.25) is 4.79 Å². The quantitative estimate of drug-likeness (QED) is 0.866. The Hall–Kier alpha value is -1.35. The van der Waals surface area contributed by atoms with E-state index in [4.69, 9.17) is 5.73 Å². The largest absolute Gasteiger partial charge is 0.342 e. The standard InChI is InChI=1S/C17H26N2O/c1-17(10-9-15-6-3-2-4-7-15)11-13-19(14-17)16(20)8-5-12-18/h2-4,6-7H,5,8-14,18H2,1H3. The van der Waals surface area contributed by atoms with E-state index in [0.717, 1.165) is 38.8 Å². The van der Waals surface area contributed by atoms with Crippen LogP contribution in [0.2, 0.25) is 0 Å². The topological polar surface area (TPSA) is 46.3 Å². The molecule has 1 saturated heterocycles. The second-order valence-corrected chi connectivity index (χ2v) is 6.25. The lowest BCUT2D eigenvalue weighted by atomic mass is 9.83. The first kappa shape index (κ1) is 15.0. The molecule has 0 bridgehead atoms. The molecule has 1 aliphatic rings. The van der Waals surface area contributed by atoms with E-state index in [1.807, 2.05) is 4.90 Å². The Morgan fingerprint density at radius 2 is 2.10 bits per heavy atom. The monoisotopic (exact) mass is 274 g/mol. The predicted octanol–water partition coefficient (Wildman–Crippen LogP) is 2.60. The van der Waals surface area contributed by atoms with Crippen LogP contribution >= 0.6 is 0 Å². The summed E-state index contributed by atoms with van der Waals surface area (Å²) < 4.78 is 0. The molecule has 0 radical (unpaired) electrons. The highest BCUT2D eigenvalue weighted by Crippen LogP contribution is 2.34. The molecule has 1 aromatic carbocycles. The lowest BCUT2D eigenvalue weighted by Crippen LogP contribution is -2.31. The van der Waals surface area contributed by atoms with E-state index in [2.05, 4.69) is 37.3 Å². The van der Waals surface area contributed by atoms with Crippen molar-refractivity contribution >= 4 is 5.91 Å². The van der Waals surface area contributed by atoms with E-state index in [1.165, 1.54) is 5.56 Å². The molecule has 1 heterocycles. The van der Waals surface area contributed by atoms with Crippen LogP contribution in [0, 0.1) is 5.41 Å². The summed E-state index contributed by atoms with van der Waals surface area (Å²) in [7, 11) is 0. The molecule has 1 aliphatic heterocycles. The van der Waals surface area contributed by atoms with Crippen molar-refractivity contribution in [2.45, 2.75) is 39.0 Å². The first-order chi connectivity index (χ1) is 9.63. The van der Waals surface area contributed by atoms with Crippen molar-refractivity contribution in [1.29, 1.82) is 0 Å². The zero-order valence-electron chi connectivity index (χ0n) is 12.5. The molecule has 1 fully saturated rings. The van der Waals surface area contributed by atoms with Crippen LogP contribution in [0.1, 0.15) is 38.2 Å². The molecular weight excluding hydrogens is 248 g/mol. The number of carbonyl (C=O) groups is 1. The van der Waals surface area contributed by atoms with Gasteiger partial charge >= 0.3 is 0 Å². The number of nitrogens with zero attached hydrogens (tertiary/aromatic N) is 1. The van der Waals surface area contributed by atoms with E-state index in [9.17, 15) is 4.79 Å². The number of carbonyl (C=O) groups excluding carboxylic acids is 1. The number of benzene rings is 1. The third-order valence-electron chi connectivity index (χ3n) is 4.37. The highest BCUT2D eigenvalue weighted by molar-refractivity contribution is 5.76. The fourth-order valence-corrected chi connectivity index (χ4v) is 2.94. The molecule has 3 heteroatoms. The number of rotatable bonds is 6. The SMILES string of the molecule is CC1(CCc2ccccc2)CCN(C(=O)CCCN)C1. The van der Waals surface area contributed by atoms with Gasteiger partial charge in [0.05, 0.1) is 0 Å². The molecule has 0 spiro atoms. The van der Waals surface area contributed by atoms with Crippen molar-refractivity contribution in [3.8, 4) is 0 Å². The van der Waals surface area contributed by atoms with Crippen LogP contribution in [0.15, 0.2) is 30.3 Å². The summed E-state index contributed by atoms with van der Waals surface area (Å²) in [5.41, 5.74) is 7.13. The normalized spacial score (nSPS) is 22.2. The van der Waals surface area contributed by atoms with Crippen LogP contribution in [-0.2, 0) is 11.2 Å². The van der Waals surface area contributed by atoms with Crippen molar-refractivity contribution in [1.82, 2.24) is 4.90 Å². The minimum atomic E-state index is 0.272. The van der Waals surface area contributed by atoms with Crippen molar-refractivity contribution in [2.75, 3.05) is 19.6 Å². The van der Waals surface area contributed by atoms with Gasteiger partial charge in [0.15, 0.2) is 0 Å². The number of aryl methyl sites for hydroxylation is 1. The van der Waals surface area contributed by atoms with Crippen LogP contribution in [0.3, 0.4) is 0 Å². The summed E-state index contributed by atoms with van der Waals surface area (Å²) in [6.07, 6.45) is 4.77. The smallest absolute Gasteiger partial charge is 0.222 e. The molecule has 0 aliphatic carbocycles. The maximum absolute atomic E-state index is 12.0. The van der Waals surface area contributed by atoms with Crippen LogP contribution in [0.25, 0.3) is 0 Å². The molecular formula is C17H26N2O. The summed E-state index contributed by atoms with van der Waals surface area (Å²) in [5, 5.41) is 0. The minimum Gasteiger partial charge on any atom is -0.342 e. The van der Waals surface area contributed by atoms with Gasteiger partial charge in [-0.2, -0.15) is 0 Å². The molecule has 3 nitrogen and oxygen atoms in total. The van der Waals surface area contributed by atoms with Crippen LogP contribution in [-0.4, -0.2) is 30.4 Å². The Labute approximate surface area is 122 Å². The van der Waals surface area contributed by atoms with Gasteiger partial charge in [-0.1, -0.05) is 37.3 Å². The van der Waals surface area contributed by atoms with Gasteiger partial charge < -0.3 is 10.6 Å². The summed E-state index contributed by atoms with van der Waals surface area (Å²) in [4.78, 5) is 14.1. The maximum atomic E-state index is 12.0. The number of hydrogen-bond donors (Lipinski definition) is 1. The Bertz CT molecular complexity index is 432. The van der Waals surface area contributed by atoms with Gasteiger partial charge in [0.25, 0.3) is 0 Å². The highest BCUT2D eigenvalue weighted by atomic mass is 16.2. The molecule has 1 aromatic rings. The molecule has 1 atom stereocenters. The van der Waals surface area contributed by atoms with E-state index < -0.39 is 0 Å². The van der Waals surface area contributed by atoms with E-state index in [0.29, 0.717) is 13.0 Å². The van der Waals surface area contributed by atoms with Crippen LogP contribution in [0.5, 0.6) is 0 Å². The van der Waals surface area contributed by atoms with E-state index in [-0.39, 0.29) is 11.3 Å². The summed E-state index contributed by atoms with van der Waals surface area (Å²) >= 11 is 0. The summed E-state index contributed by atoms with van der Waals surface area (Å²) in [5.74, 6) is 0.277. The van der Waals surface area contributed by atoms with Gasteiger partial charge in [-0.15, -0.1) is 0 Å². The lowest BCUT2D eigenvalue weighted by Gasteiger charge is -2.24. The minimum absolute atomic E-state index is 0.272. The molecule has 2 N–H and O–H groups in total. The van der Waals surface area contributed by atoms with Crippen molar-refractivity contribution in [3.63, 3.8) is 0 Å². The molecule has 0 aromatic heterocycles. The van der Waals surface area contributed by atoms with Gasteiger partial charge in [0.1, 0.15) is 0 Å². The number of nitrogens with two attached hydrogens (primary N) is 1. The first-order valence-electron chi connectivity index (χ1n) is 7.65. The van der Waals surface area contributed by atoms with Crippen molar-refractivity contribution < 1.29 is 4.79 Å². The average Bonchev–Trinajstić information content (AvgIpc) is 2.87. The summed E-state index contributed by atoms with van der Waals surface area (Å²) in [6, 6.07) is 10.6. The molecule has 20 heavy (non-hydrogen) atoms. The fourth-order valence-electron chi connectivity index (χ4n) is 2.94. The molecule has 0 saturated carbocycles. The third-order valence-corrected chi connectivity index (χ3v) is 4.37. The number of likely N-dealkylation sites (tertiary alicyclic amines) is 1. The molecule has 2 rings (SSSR count). The second-order valence-electron chi connectivity index (χ2n) is 6.25. The third kappa shape index (κ3) is 4.07. The summed E-state index contributed by atoms with van der Waals surface area (Å²) in [6.45, 7) is 4.73. The number of amides is 1. The first-order valence-corrected chi connectivity index (χ1v) is 7.65. The highest BCUT2D eigenvalue weighted by Gasteiger charge is 2.35. The molecule has 1 unspecified atom stereocenters. The van der Waals surface area contributed by atoms with Crippen molar-refractivity contribution in [2.24, 2.45) is 11.1 Å². The Morgan fingerprint density at radius 1 is 1.35 bits per heavy atom. The Balaban J connectivity index is 1.82. The second kappa shape index (κ2) is 6.89. The van der Waals surface area contributed by atoms with Crippen molar-refractivity contribution in [3.05, 3.63) is 35.9 Å². The van der Waals surface area contributed by atoms with Gasteiger partial charge in [-0.25, -0.2) is 0 Å². The lowest BCUT2D eigenvalue weighted by molar-refractivity contribution is -0.130. The zero-order valence-corrected chi connectivity index (χ0v) is 12.5. The maximum Gasteiger partial charge on any atom is 0.222 e. The predicted molar refractivity (Wildman–Crippen MR) is 82.4 cm³/mol. The number of hydrogen-bond acceptors (Lipinski definition) is 2. The van der Waals surface area contributed by atoms with Crippen LogP contribution < -0.4 is 5.73 Å². The van der Waals surface area contributed by atoms with Gasteiger partial charge in [-0.05, 0) is 43.2 Å². The van der Waals surface area contributed by atoms with Gasteiger partial charge in [0.2, 0.25) is 5.91 Å². The zero-order chi connectivity index (χ0) is 14.4. The molecule has 110 valence electrons. The Morgan fingerprint density at radius 3 is 2.80 bits per heavy atom. The average molecular weight is 274 g/mol. The van der Waals surface area contributed by atoms with E-state index >= 15 is 0 Å². The fraction of sp³-hybridized carbons (Fsp3) is 0.588. The van der Waals surface area contributed by atoms with E-state index in [1.54, 1.807) is 0 Å². The molecule has 1 amide bonds. The van der Waals surface area contributed by atoms with Gasteiger partial charge in [0, 0.05) is 19.5 Å². The van der Waals surface area contributed by atoms with Crippen LogP contribution in [0.4, 0.5) is 0 Å².